The van der Waals surface area contributed by atoms with Crippen molar-refractivity contribution in [2.45, 2.75) is 25.7 Å². The third kappa shape index (κ3) is 3.92. The molecule has 0 saturated carbocycles. The highest BCUT2D eigenvalue weighted by Gasteiger charge is 2.30. The molecule has 7 heteroatoms. The number of nitrogens with one attached hydrogen (secondary N) is 1. The van der Waals surface area contributed by atoms with Crippen LogP contribution in [-0.2, 0) is 24.1 Å². The zero-order valence-electron chi connectivity index (χ0n) is 13.3. The van der Waals surface area contributed by atoms with E-state index in [2.05, 4.69) is 17.9 Å². The molecule has 0 radical (unpaired) electrons. The number of halogens is 3. The summed E-state index contributed by atoms with van der Waals surface area (Å²) in [6, 6.07) is 10.7. The number of fused-ring (bicyclic) bond motifs is 1. The van der Waals surface area contributed by atoms with E-state index >= 15 is 0 Å². The maximum Gasteiger partial charge on any atom is 0.416 e. The summed E-state index contributed by atoms with van der Waals surface area (Å²) < 4.78 is 38.6. The molecule has 0 bridgehead atoms. The Balaban J connectivity index is 1.83. The van der Waals surface area contributed by atoms with Crippen molar-refractivity contribution >= 4 is 29.9 Å². The summed E-state index contributed by atoms with van der Waals surface area (Å²) in [6.45, 7) is 0.962. The second kappa shape index (κ2) is 7.00. The molecule has 3 rings (SSSR count). The first-order valence-electron chi connectivity index (χ1n) is 7.82. The van der Waals surface area contributed by atoms with Gasteiger partial charge in [0.15, 0.2) is 0 Å². The van der Waals surface area contributed by atoms with E-state index in [-0.39, 0.29) is 5.91 Å². The first-order valence-corrected chi connectivity index (χ1v) is 8.45. The first-order chi connectivity index (χ1) is 11.9. The lowest BCUT2D eigenvalue weighted by Gasteiger charge is -2.15. The number of thiol groups is 1. The smallest absolute Gasteiger partial charge is 0.355 e. The second-order valence-electron chi connectivity index (χ2n) is 5.87. The van der Waals surface area contributed by atoms with E-state index in [4.69, 9.17) is 0 Å². The minimum Gasteiger partial charge on any atom is -0.355 e. The third-order valence-corrected chi connectivity index (χ3v) is 4.35. The van der Waals surface area contributed by atoms with Gasteiger partial charge in [-0.25, -0.2) is 0 Å². The van der Waals surface area contributed by atoms with Crippen molar-refractivity contribution in [3.05, 3.63) is 59.2 Å². The number of hydrogen-bond acceptors (Lipinski definition) is 3. The van der Waals surface area contributed by atoms with Crippen molar-refractivity contribution in [3.63, 3.8) is 0 Å². The van der Waals surface area contributed by atoms with Crippen LogP contribution in [0.15, 0.2) is 42.5 Å². The fraction of sp³-hybridized carbons (Fsp3) is 0.278. The Bertz CT molecular complexity index is 792. The molecule has 132 valence electrons. The summed E-state index contributed by atoms with van der Waals surface area (Å²) in [5.41, 5.74) is 2.33. The third-order valence-electron chi connectivity index (χ3n) is 4.13. The Morgan fingerprint density at radius 1 is 1.16 bits per heavy atom. The maximum atomic E-state index is 12.9. The van der Waals surface area contributed by atoms with Crippen LogP contribution >= 0.6 is 12.6 Å². The lowest BCUT2D eigenvalue weighted by atomic mass is 10.1. The monoisotopic (exact) mass is 366 g/mol. The van der Waals surface area contributed by atoms with E-state index in [0.717, 1.165) is 28.9 Å². The van der Waals surface area contributed by atoms with Crippen molar-refractivity contribution in [1.82, 2.24) is 4.90 Å². The summed E-state index contributed by atoms with van der Waals surface area (Å²) >= 11 is 4.08. The fourth-order valence-corrected chi connectivity index (χ4v) is 3.09. The van der Waals surface area contributed by atoms with E-state index in [1.54, 1.807) is 11.0 Å². The standard InChI is InChI=1S/C18H17F3N2OS/c19-18(20,21)13-4-2-5-14(9-13)22-16-6-1-3-12-10-23(11-15(12)16)17(24)7-8-25/h1-6,9,22,25H,7-8,10-11H2. The number of hydrogen-bond donors (Lipinski definition) is 2. The van der Waals surface area contributed by atoms with E-state index < -0.39 is 11.7 Å². The highest BCUT2D eigenvalue weighted by atomic mass is 32.1. The molecular weight excluding hydrogens is 349 g/mol. The van der Waals surface area contributed by atoms with Gasteiger partial charge in [0.2, 0.25) is 5.91 Å². The molecule has 1 N–H and O–H groups in total. The van der Waals surface area contributed by atoms with Crippen LogP contribution in [0.1, 0.15) is 23.1 Å². The van der Waals surface area contributed by atoms with Gasteiger partial charge < -0.3 is 10.2 Å². The second-order valence-corrected chi connectivity index (χ2v) is 6.32. The highest BCUT2D eigenvalue weighted by molar-refractivity contribution is 7.80. The van der Waals surface area contributed by atoms with Crippen LogP contribution in [0.3, 0.4) is 0 Å². The Morgan fingerprint density at radius 2 is 1.92 bits per heavy atom. The fourth-order valence-electron chi connectivity index (χ4n) is 2.90. The number of carbonyl (C=O) groups is 1. The van der Waals surface area contributed by atoms with Gasteiger partial charge in [0.25, 0.3) is 0 Å². The van der Waals surface area contributed by atoms with Crippen molar-refractivity contribution in [2.75, 3.05) is 11.1 Å². The molecule has 0 aromatic heterocycles. The minimum absolute atomic E-state index is 0.0243. The Labute approximate surface area is 149 Å². The van der Waals surface area contributed by atoms with Gasteiger partial charge in [-0.05, 0) is 41.1 Å². The number of nitrogens with zero attached hydrogens (tertiary/aromatic N) is 1. The summed E-state index contributed by atoms with van der Waals surface area (Å²) in [7, 11) is 0. The van der Waals surface area contributed by atoms with Gasteiger partial charge in [-0.1, -0.05) is 18.2 Å². The predicted octanol–water partition coefficient (Wildman–Crippen LogP) is 4.61. The van der Waals surface area contributed by atoms with Gasteiger partial charge >= 0.3 is 6.18 Å². The molecule has 3 nitrogen and oxygen atoms in total. The molecule has 0 saturated heterocycles. The van der Waals surface area contributed by atoms with Gasteiger partial charge in [-0.15, -0.1) is 0 Å². The molecular formula is C18H17F3N2OS. The zero-order chi connectivity index (χ0) is 18.0. The minimum atomic E-state index is -4.38. The van der Waals surface area contributed by atoms with Gasteiger partial charge in [0.05, 0.1) is 5.56 Å². The van der Waals surface area contributed by atoms with E-state index in [9.17, 15) is 18.0 Å². The molecule has 1 amide bonds. The van der Waals surface area contributed by atoms with Crippen molar-refractivity contribution in [3.8, 4) is 0 Å². The molecule has 25 heavy (non-hydrogen) atoms. The van der Waals surface area contributed by atoms with Crippen LogP contribution < -0.4 is 5.32 Å². The number of anilines is 2. The van der Waals surface area contributed by atoms with Crippen molar-refractivity contribution < 1.29 is 18.0 Å². The molecule has 1 heterocycles. The molecule has 1 aliphatic rings. The molecule has 0 aliphatic carbocycles. The topological polar surface area (TPSA) is 32.3 Å². The molecule has 0 spiro atoms. The van der Waals surface area contributed by atoms with Crippen LogP contribution in [0, 0.1) is 0 Å². The van der Waals surface area contributed by atoms with Gasteiger partial charge in [-0.3, -0.25) is 4.79 Å². The molecule has 2 aromatic carbocycles. The lowest BCUT2D eigenvalue weighted by Crippen LogP contribution is -2.25. The van der Waals surface area contributed by atoms with E-state index in [1.807, 2.05) is 18.2 Å². The van der Waals surface area contributed by atoms with Crippen LogP contribution in [0.5, 0.6) is 0 Å². The lowest BCUT2D eigenvalue weighted by molar-refractivity contribution is -0.137. The quantitative estimate of drug-likeness (QED) is 0.775. The summed E-state index contributed by atoms with van der Waals surface area (Å²) in [4.78, 5) is 13.8. The van der Waals surface area contributed by atoms with Crippen LogP contribution in [0.4, 0.5) is 24.5 Å². The Morgan fingerprint density at radius 3 is 2.64 bits per heavy atom. The Hall–Kier alpha value is -2.15. The summed E-state index contributed by atoms with van der Waals surface area (Å²) in [5, 5.41) is 3.06. The predicted molar refractivity (Wildman–Crippen MR) is 93.9 cm³/mol. The van der Waals surface area contributed by atoms with Crippen molar-refractivity contribution in [2.24, 2.45) is 0 Å². The van der Waals surface area contributed by atoms with Crippen LogP contribution in [0.25, 0.3) is 0 Å². The van der Waals surface area contributed by atoms with Crippen LogP contribution in [0.2, 0.25) is 0 Å². The average Bonchev–Trinajstić information content (AvgIpc) is 3.00. The molecule has 0 fully saturated rings. The van der Waals surface area contributed by atoms with Gasteiger partial charge in [0.1, 0.15) is 0 Å². The SMILES string of the molecule is O=C(CCS)N1Cc2cccc(Nc3cccc(C(F)(F)F)c3)c2C1. The molecule has 0 atom stereocenters. The largest absolute Gasteiger partial charge is 0.416 e. The van der Waals surface area contributed by atoms with E-state index in [1.165, 1.54) is 6.07 Å². The molecule has 1 aliphatic heterocycles. The number of amides is 1. The van der Waals surface area contributed by atoms with Crippen molar-refractivity contribution in [1.29, 1.82) is 0 Å². The Kier molecular flexibility index (Phi) is 4.94. The first kappa shape index (κ1) is 17.7. The number of alkyl halides is 3. The summed E-state index contributed by atoms with van der Waals surface area (Å²) in [5.74, 6) is 0.511. The van der Waals surface area contributed by atoms with Gasteiger partial charge in [-0.2, -0.15) is 25.8 Å². The number of rotatable bonds is 4. The zero-order valence-corrected chi connectivity index (χ0v) is 14.2. The summed E-state index contributed by atoms with van der Waals surface area (Å²) in [6.07, 6.45) is -4.01. The average molecular weight is 366 g/mol. The highest BCUT2D eigenvalue weighted by Crippen LogP contribution is 2.34. The number of carbonyl (C=O) groups excluding carboxylic acids is 1. The normalized spacial score (nSPS) is 13.7. The van der Waals surface area contributed by atoms with Crippen LogP contribution in [-0.4, -0.2) is 16.6 Å². The van der Waals surface area contributed by atoms with Gasteiger partial charge in [0, 0.05) is 30.9 Å². The maximum absolute atomic E-state index is 12.9. The molecule has 0 unspecified atom stereocenters. The molecule has 2 aromatic rings. The van der Waals surface area contributed by atoms with E-state index in [0.29, 0.717) is 31.0 Å². The number of benzene rings is 2.